The number of halogens is 2. The van der Waals surface area contributed by atoms with Gasteiger partial charge in [-0.25, -0.2) is 9.37 Å². The van der Waals surface area contributed by atoms with E-state index >= 15 is 0 Å². The van der Waals surface area contributed by atoms with Gasteiger partial charge < -0.3 is 5.73 Å². The summed E-state index contributed by atoms with van der Waals surface area (Å²) in [6, 6.07) is 10.4. The highest BCUT2D eigenvalue weighted by Gasteiger charge is 2.13. The predicted molar refractivity (Wildman–Crippen MR) is 77.9 cm³/mol. The van der Waals surface area contributed by atoms with Crippen molar-refractivity contribution in [3.8, 4) is 5.69 Å². The molecule has 0 aliphatic rings. The van der Waals surface area contributed by atoms with Crippen LogP contribution < -0.4 is 5.73 Å². The van der Waals surface area contributed by atoms with E-state index in [1.54, 1.807) is 6.07 Å². The molecule has 19 heavy (non-hydrogen) atoms. The Labute approximate surface area is 118 Å². The Balaban J connectivity index is 2.36. The van der Waals surface area contributed by atoms with Crippen LogP contribution in [0.4, 0.5) is 10.3 Å². The number of nitrogens with two attached hydrogens (primary N) is 1. The van der Waals surface area contributed by atoms with Gasteiger partial charge in [0.2, 0.25) is 5.95 Å². The quantitative estimate of drug-likeness (QED) is 0.741. The molecular formula is C14H11BrFN3. The average molecular weight is 320 g/mol. The summed E-state index contributed by atoms with van der Waals surface area (Å²) in [4.78, 5) is 4.20. The lowest BCUT2D eigenvalue weighted by Gasteiger charge is -2.10. The van der Waals surface area contributed by atoms with Crippen LogP contribution in [-0.2, 0) is 0 Å². The molecule has 0 spiro atoms. The minimum absolute atomic E-state index is 0.319. The number of benzene rings is 2. The highest BCUT2D eigenvalue weighted by molar-refractivity contribution is 9.10. The first-order valence-corrected chi connectivity index (χ1v) is 6.55. The lowest BCUT2D eigenvalue weighted by Crippen LogP contribution is -2.01. The van der Waals surface area contributed by atoms with Gasteiger partial charge in [-0.3, -0.25) is 4.57 Å². The number of hydrogen-bond donors (Lipinski definition) is 1. The fraction of sp³-hybridized carbons (Fsp3) is 0.0714. The Morgan fingerprint density at radius 2 is 2.00 bits per heavy atom. The Morgan fingerprint density at radius 1 is 1.21 bits per heavy atom. The third kappa shape index (κ3) is 2.00. The van der Waals surface area contributed by atoms with Crippen LogP contribution in [0.3, 0.4) is 0 Å². The summed E-state index contributed by atoms with van der Waals surface area (Å²) < 4.78 is 15.9. The first-order valence-electron chi connectivity index (χ1n) is 5.76. The molecule has 3 nitrogen and oxygen atoms in total. The van der Waals surface area contributed by atoms with Crippen molar-refractivity contribution in [3.63, 3.8) is 0 Å². The van der Waals surface area contributed by atoms with E-state index in [1.165, 1.54) is 12.1 Å². The Hall–Kier alpha value is -1.88. The molecule has 0 aliphatic carbocycles. The Morgan fingerprint density at radius 3 is 2.79 bits per heavy atom. The minimum Gasteiger partial charge on any atom is -0.369 e. The molecule has 0 amide bonds. The molecular weight excluding hydrogens is 309 g/mol. The zero-order chi connectivity index (χ0) is 13.6. The number of rotatable bonds is 1. The highest BCUT2D eigenvalue weighted by Crippen LogP contribution is 2.29. The summed E-state index contributed by atoms with van der Waals surface area (Å²) in [5.41, 5.74) is 9.30. The fourth-order valence-corrected chi connectivity index (χ4v) is 2.54. The van der Waals surface area contributed by atoms with Crippen LogP contribution in [0.15, 0.2) is 40.9 Å². The average Bonchev–Trinajstić information content (AvgIpc) is 2.67. The van der Waals surface area contributed by atoms with Gasteiger partial charge in [-0.05, 0) is 52.7 Å². The minimum atomic E-state index is -0.319. The molecule has 96 valence electrons. The summed E-state index contributed by atoms with van der Waals surface area (Å²) >= 11 is 3.51. The van der Waals surface area contributed by atoms with E-state index in [0.717, 1.165) is 21.2 Å². The van der Waals surface area contributed by atoms with Gasteiger partial charge in [0.05, 0.1) is 16.7 Å². The zero-order valence-electron chi connectivity index (χ0n) is 10.2. The van der Waals surface area contributed by atoms with E-state index in [9.17, 15) is 4.39 Å². The van der Waals surface area contributed by atoms with Crippen LogP contribution in [0.1, 0.15) is 5.56 Å². The molecule has 0 saturated carbocycles. The second kappa shape index (κ2) is 4.35. The molecule has 1 aromatic heterocycles. The maximum absolute atomic E-state index is 13.2. The molecule has 2 aromatic carbocycles. The van der Waals surface area contributed by atoms with Gasteiger partial charge in [0.15, 0.2) is 0 Å². The van der Waals surface area contributed by atoms with Crippen molar-refractivity contribution in [2.75, 3.05) is 5.73 Å². The van der Waals surface area contributed by atoms with Crippen molar-refractivity contribution in [3.05, 3.63) is 52.3 Å². The molecule has 3 aromatic rings. The molecule has 2 N–H and O–H groups in total. The zero-order valence-corrected chi connectivity index (χ0v) is 11.8. The van der Waals surface area contributed by atoms with Crippen LogP contribution in [0, 0.1) is 12.7 Å². The van der Waals surface area contributed by atoms with E-state index in [-0.39, 0.29) is 5.82 Å². The van der Waals surface area contributed by atoms with Gasteiger partial charge >= 0.3 is 0 Å². The smallest absolute Gasteiger partial charge is 0.205 e. The van der Waals surface area contributed by atoms with Gasteiger partial charge in [0.1, 0.15) is 5.82 Å². The summed E-state index contributed by atoms with van der Waals surface area (Å²) in [5, 5.41) is 0. The van der Waals surface area contributed by atoms with E-state index in [0.29, 0.717) is 11.5 Å². The van der Waals surface area contributed by atoms with E-state index in [1.807, 2.05) is 29.7 Å². The summed E-state index contributed by atoms with van der Waals surface area (Å²) in [6.07, 6.45) is 0. The van der Waals surface area contributed by atoms with Crippen molar-refractivity contribution in [1.82, 2.24) is 9.55 Å². The number of aromatic nitrogens is 2. The SMILES string of the molecule is Cc1ccc(Br)c(-n2c(N)nc3cc(F)ccc32)c1. The van der Waals surface area contributed by atoms with E-state index in [2.05, 4.69) is 20.9 Å². The number of aryl methyl sites for hydroxylation is 1. The van der Waals surface area contributed by atoms with Crippen molar-refractivity contribution < 1.29 is 4.39 Å². The second-order valence-electron chi connectivity index (χ2n) is 4.39. The number of imidazole rings is 1. The van der Waals surface area contributed by atoms with Crippen molar-refractivity contribution in [1.29, 1.82) is 0 Å². The maximum atomic E-state index is 13.2. The largest absolute Gasteiger partial charge is 0.369 e. The number of fused-ring (bicyclic) bond motifs is 1. The highest BCUT2D eigenvalue weighted by atomic mass is 79.9. The van der Waals surface area contributed by atoms with E-state index in [4.69, 9.17) is 5.73 Å². The number of nitrogen functional groups attached to an aromatic ring is 1. The van der Waals surface area contributed by atoms with Crippen LogP contribution in [0.5, 0.6) is 0 Å². The first-order chi connectivity index (χ1) is 9.06. The van der Waals surface area contributed by atoms with Crippen molar-refractivity contribution in [2.24, 2.45) is 0 Å². The van der Waals surface area contributed by atoms with Gasteiger partial charge in [-0.1, -0.05) is 6.07 Å². The lowest BCUT2D eigenvalue weighted by atomic mass is 10.2. The molecule has 5 heteroatoms. The molecule has 0 bridgehead atoms. The first kappa shape index (κ1) is 12.2. The molecule has 0 unspecified atom stereocenters. The molecule has 0 atom stereocenters. The van der Waals surface area contributed by atoms with Gasteiger partial charge in [-0.2, -0.15) is 0 Å². The summed E-state index contributed by atoms with van der Waals surface area (Å²) in [5.74, 6) is 0.0207. The molecule has 0 saturated heterocycles. The Kier molecular flexibility index (Phi) is 2.78. The second-order valence-corrected chi connectivity index (χ2v) is 5.25. The number of hydrogen-bond acceptors (Lipinski definition) is 2. The van der Waals surface area contributed by atoms with Crippen LogP contribution in [0.2, 0.25) is 0 Å². The third-order valence-corrected chi connectivity index (χ3v) is 3.66. The van der Waals surface area contributed by atoms with E-state index < -0.39 is 0 Å². The predicted octanol–water partition coefficient (Wildman–Crippen LogP) is 3.82. The fourth-order valence-electron chi connectivity index (χ4n) is 2.12. The third-order valence-electron chi connectivity index (χ3n) is 2.99. The molecule has 3 rings (SSSR count). The number of nitrogens with zero attached hydrogens (tertiary/aromatic N) is 2. The topological polar surface area (TPSA) is 43.8 Å². The van der Waals surface area contributed by atoms with Crippen molar-refractivity contribution >= 4 is 32.9 Å². The standard InChI is InChI=1S/C14H11BrFN3/c1-8-2-4-10(15)13(6-8)19-12-5-3-9(16)7-11(12)18-14(19)17/h2-7H,1H3,(H2,17,18). The Bertz CT molecular complexity index is 780. The van der Waals surface area contributed by atoms with Gasteiger partial charge in [0, 0.05) is 10.5 Å². The summed E-state index contributed by atoms with van der Waals surface area (Å²) in [6.45, 7) is 2.00. The van der Waals surface area contributed by atoms with Crippen LogP contribution in [0.25, 0.3) is 16.7 Å². The van der Waals surface area contributed by atoms with Crippen LogP contribution in [-0.4, -0.2) is 9.55 Å². The lowest BCUT2D eigenvalue weighted by molar-refractivity contribution is 0.629. The van der Waals surface area contributed by atoms with Gasteiger partial charge in [-0.15, -0.1) is 0 Å². The van der Waals surface area contributed by atoms with Crippen LogP contribution >= 0.6 is 15.9 Å². The normalized spacial score (nSPS) is 11.1. The summed E-state index contributed by atoms with van der Waals surface area (Å²) in [7, 11) is 0. The van der Waals surface area contributed by atoms with Gasteiger partial charge in [0.25, 0.3) is 0 Å². The molecule has 0 fully saturated rings. The monoisotopic (exact) mass is 319 g/mol. The molecule has 1 heterocycles. The molecule has 0 aliphatic heterocycles. The van der Waals surface area contributed by atoms with Crippen molar-refractivity contribution in [2.45, 2.75) is 6.92 Å². The maximum Gasteiger partial charge on any atom is 0.205 e. The molecule has 0 radical (unpaired) electrons. The number of anilines is 1.